The van der Waals surface area contributed by atoms with Crippen LogP contribution in [0, 0.1) is 29.6 Å². The van der Waals surface area contributed by atoms with Gasteiger partial charge in [0.15, 0.2) is 0 Å². The van der Waals surface area contributed by atoms with Gasteiger partial charge in [-0.15, -0.1) is 0 Å². The lowest BCUT2D eigenvalue weighted by atomic mass is 9.95. The van der Waals surface area contributed by atoms with Gasteiger partial charge in [0, 0.05) is 18.7 Å². The quantitative estimate of drug-likeness (QED) is 0.923. The van der Waals surface area contributed by atoms with E-state index in [0.717, 1.165) is 36.0 Å². The maximum Gasteiger partial charge on any atom is 0.0640 e. The summed E-state index contributed by atoms with van der Waals surface area (Å²) in [7, 11) is 0. The molecule has 0 radical (unpaired) electrons. The molecule has 5 rings (SSSR count). The topological polar surface area (TPSA) is 43.8 Å². The number of hydrogen-bond donors (Lipinski definition) is 1. The van der Waals surface area contributed by atoms with Crippen LogP contribution in [0.3, 0.4) is 0 Å². The van der Waals surface area contributed by atoms with Crippen LogP contribution in [-0.4, -0.2) is 15.8 Å². The molecule has 0 saturated heterocycles. The summed E-state index contributed by atoms with van der Waals surface area (Å²) in [5.74, 6) is 4.89. The maximum atomic E-state index is 6.57. The Labute approximate surface area is 127 Å². The molecule has 0 spiro atoms. The summed E-state index contributed by atoms with van der Waals surface area (Å²) in [4.78, 5) is 0. The minimum absolute atomic E-state index is 0.357. The highest BCUT2D eigenvalue weighted by Crippen LogP contribution is 2.70. The molecule has 2 bridgehead atoms. The summed E-state index contributed by atoms with van der Waals surface area (Å²) in [6.07, 6.45) is 13.0. The maximum absolute atomic E-state index is 6.57. The smallest absolute Gasteiger partial charge is 0.0640 e. The fraction of sp³-hybridized carbons (Fsp3) is 0.833. The van der Waals surface area contributed by atoms with Gasteiger partial charge in [0.1, 0.15) is 0 Å². The van der Waals surface area contributed by atoms with Crippen molar-refractivity contribution in [1.82, 2.24) is 9.78 Å². The molecular weight excluding hydrogens is 258 g/mol. The monoisotopic (exact) mass is 285 g/mol. The van der Waals surface area contributed by atoms with Crippen LogP contribution in [-0.2, 0) is 6.42 Å². The minimum atomic E-state index is 0.357. The molecule has 114 valence electrons. The summed E-state index contributed by atoms with van der Waals surface area (Å²) in [6, 6.07) is 3.23. The first kappa shape index (κ1) is 12.7. The van der Waals surface area contributed by atoms with Gasteiger partial charge < -0.3 is 5.73 Å². The van der Waals surface area contributed by atoms with Crippen molar-refractivity contribution >= 4 is 0 Å². The zero-order valence-corrected chi connectivity index (χ0v) is 12.8. The number of fused-ring (bicyclic) bond motifs is 5. The van der Waals surface area contributed by atoms with Crippen molar-refractivity contribution in [3.63, 3.8) is 0 Å². The molecule has 5 unspecified atom stereocenters. The molecule has 0 aliphatic heterocycles. The minimum Gasteiger partial charge on any atom is -0.327 e. The predicted molar refractivity (Wildman–Crippen MR) is 82.7 cm³/mol. The summed E-state index contributed by atoms with van der Waals surface area (Å²) in [6.45, 7) is 0. The summed E-state index contributed by atoms with van der Waals surface area (Å²) in [5.41, 5.74) is 7.80. The zero-order chi connectivity index (χ0) is 14.0. The van der Waals surface area contributed by atoms with Crippen molar-refractivity contribution in [3.8, 4) is 0 Å². The van der Waals surface area contributed by atoms with Crippen molar-refractivity contribution in [1.29, 1.82) is 0 Å². The van der Waals surface area contributed by atoms with E-state index in [1.54, 1.807) is 0 Å². The van der Waals surface area contributed by atoms with Crippen molar-refractivity contribution < 1.29 is 0 Å². The van der Waals surface area contributed by atoms with Gasteiger partial charge in [0.25, 0.3) is 0 Å². The molecule has 1 heterocycles. The van der Waals surface area contributed by atoms with E-state index in [9.17, 15) is 0 Å². The largest absolute Gasteiger partial charge is 0.327 e. The second-order valence-corrected chi connectivity index (χ2v) is 8.16. The third kappa shape index (κ3) is 1.93. The lowest BCUT2D eigenvalue weighted by Gasteiger charge is -2.15. The second kappa shape index (κ2) is 4.58. The number of hydrogen-bond acceptors (Lipinski definition) is 2. The summed E-state index contributed by atoms with van der Waals surface area (Å²) < 4.78 is 2.21. The van der Waals surface area contributed by atoms with Gasteiger partial charge in [0.05, 0.1) is 11.7 Å². The molecule has 21 heavy (non-hydrogen) atoms. The van der Waals surface area contributed by atoms with Crippen LogP contribution in [0.1, 0.15) is 56.7 Å². The van der Waals surface area contributed by atoms with Gasteiger partial charge in [-0.3, -0.25) is 4.68 Å². The third-order valence-electron chi connectivity index (χ3n) is 7.10. The van der Waals surface area contributed by atoms with E-state index in [-0.39, 0.29) is 0 Å². The first-order chi connectivity index (χ1) is 10.3. The number of rotatable bonds is 4. The Kier molecular flexibility index (Phi) is 2.77. The first-order valence-corrected chi connectivity index (χ1v) is 9.11. The van der Waals surface area contributed by atoms with Crippen LogP contribution in [0.2, 0.25) is 0 Å². The molecule has 0 amide bonds. The van der Waals surface area contributed by atoms with E-state index in [1.165, 1.54) is 50.6 Å². The fourth-order valence-corrected chi connectivity index (χ4v) is 6.20. The lowest BCUT2D eigenvalue weighted by molar-refractivity contribution is 0.404. The molecule has 4 aliphatic rings. The standard InChI is InChI=1S/C18H27N3/c19-15(18-16-11-5-6-12(9-11)17(16)18)10-13-7-8-21(20-13)14-3-1-2-4-14/h7-8,11-12,14-18H,1-6,9-10,19H2. The van der Waals surface area contributed by atoms with Crippen LogP contribution in [0.5, 0.6) is 0 Å². The Balaban J connectivity index is 1.24. The number of nitrogens with zero attached hydrogens (tertiary/aromatic N) is 2. The van der Waals surface area contributed by atoms with E-state index < -0.39 is 0 Å². The number of aromatic nitrogens is 2. The molecule has 4 saturated carbocycles. The molecule has 2 N–H and O–H groups in total. The average molecular weight is 285 g/mol. The Bertz CT molecular complexity index is 514. The van der Waals surface area contributed by atoms with Crippen LogP contribution >= 0.6 is 0 Å². The van der Waals surface area contributed by atoms with E-state index in [0.29, 0.717) is 12.1 Å². The Morgan fingerprint density at radius 1 is 1.14 bits per heavy atom. The Morgan fingerprint density at radius 2 is 1.86 bits per heavy atom. The van der Waals surface area contributed by atoms with Crippen LogP contribution in [0.15, 0.2) is 12.3 Å². The predicted octanol–water partition coefficient (Wildman–Crippen LogP) is 3.16. The van der Waals surface area contributed by atoms with Crippen molar-refractivity contribution in [3.05, 3.63) is 18.0 Å². The fourth-order valence-electron chi connectivity index (χ4n) is 6.20. The van der Waals surface area contributed by atoms with Gasteiger partial charge in [-0.2, -0.15) is 5.10 Å². The highest BCUT2D eigenvalue weighted by atomic mass is 15.3. The molecule has 4 aliphatic carbocycles. The summed E-state index contributed by atoms with van der Waals surface area (Å²) in [5, 5.41) is 4.83. The van der Waals surface area contributed by atoms with Crippen LogP contribution in [0.4, 0.5) is 0 Å². The van der Waals surface area contributed by atoms with Gasteiger partial charge in [0.2, 0.25) is 0 Å². The van der Waals surface area contributed by atoms with Gasteiger partial charge in [-0.1, -0.05) is 12.8 Å². The van der Waals surface area contributed by atoms with E-state index in [4.69, 9.17) is 10.8 Å². The molecule has 3 nitrogen and oxygen atoms in total. The SMILES string of the molecule is NC(Cc1ccn(C2CCCC2)n1)C1C2C3CCC(C3)C12. The highest BCUT2D eigenvalue weighted by molar-refractivity contribution is 5.17. The van der Waals surface area contributed by atoms with Crippen molar-refractivity contribution in [2.75, 3.05) is 0 Å². The van der Waals surface area contributed by atoms with Crippen molar-refractivity contribution in [2.24, 2.45) is 35.3 Å². The second-order valence-electron chi connectivity index (χ2n) is 8.16. The van der Waals surface area contributed by atoms with E-state index in [1.807, 2.05) is 0 Å². The van der Waals surface area contributed by atoms with Crippen LogP contribution in [0.25, 0.3) is 0 Å². The first-order valence-electron chi connectivity index (χ1n) is 9.11. The molecule has 1 aromatic rings. The van der Waals surface area contributed by atoms with E-state index in [2.05, 4.69) is 16.9 Å². The molecule has 1 aromatic heterocycles. The van der Waals surface area contributed by atoms with Gasteiger partial charge in [-0.25, -0.2) is 0 Å². The highest BCUT2D eigenvalue weighted by Gasteiger charge is 2.66. The average Bonchev–Trinajstić information content (AvgIpc) is 3.04. The number of nitrogens with two attached hydrogens (primary N) is 1. The molecule has 5 atom stereocenters. The normalized spacial score (nSPS) is 42.4. The van der Waals surface area contributed by atoms with Crippen molar-refractivity contribution in [2.45, 2.75) is 63.5 Å². The molecule has 4 fully saturated rings. The molecule has 3 heteroatoms. The molecular formula is C18H27N3. The van der Waals surface area contributed by atoms with Gasteiger partial charge in [-0.05, 0) is 67.8 Å². The Hall–Kier alpha value is -0.830. The zero-order valence-electron chi connectivity index (χ0n) is 12.8. The third-order valence-corrected chi connectivity index (χ3v) is 7.10. The Morgan fingerprint density at radius 3 is 2.57 bits per heavy atom. The van der Waals surface area contributed by atoms with Crippen LogP contribution < -0.4 is 5.73 Å². The summed E-state index contributed by atoms with van der Waals surface area (Å²) >= 11 is 0. The van der Waals surface area contributed by atoms with E-state index >= 15 is 0 Å². The lowest BCUT2D eigenvalue weighted by Crippen LogP contribution is -2.29. The molecule has 0 aromatic carbocycles. The van der Waals surface area contributed by atoms with Gasteiger partial charge >= 0.3 is 0 Å².